The van der Waals surface area contributed by atoms with Gasteiger partial charge in [-0.05, 0) is 37.0 Å². The van der Waals surface area contributed by atoms with Crippen LogP contribution < -0.4 is 10.2 Å². The molecule has 4 rings (SSSR count). The maximum Gasteiger partial charge on any atom is 0.261 e. The van der Waals surface area contributed by atoms with Gasteiger partial charge in [0.1, 0.15) is 0 Å². The number of carbonyl (C=O) groups excluding carboxylic acids is 2. The first-order valence-electron chi connectivity index (χ1n) is 7.60. The predicted molar refractivity (Wildman–Crippen MR) is 79.6 cm³/mol. The summed E-state index contributed by atoms with van der Waals surface area (Å²) in [5, 5.41) is 3.59. The molecule has 110 valence electrons. The molecule has 1 aromatic carbocycles. The van der Waals surface area contributed by atoms with Crippen molar-refractivity contribution in [2.75, 3.05) is 31.6 Å². The van der Waals surface area contributed by atoms with Crippen LogP contribution in [0.5, 0.6) is 0 Å². The van der Waals surface area contributed by atoms with Crippen LogP contribution in [0.1, 0.15) is 33.6 Å². The topological polar surface area (TPSA) is 52.7 Å². The number of amides is 2. The van der Waals surface area contributed by atoms with Crippen LogP contribution in [0.4, 0.5) is 5.69 Å². The van der Waals surface area contributed by atoms with E-state index in [0.29, 0.717) is 17.2 Å². The number of nitrogens with zero attached hydrogens (tertiary/aromatic N) is 2. The van der Waals surface area contributed by atoms with E-state index >= 15 is 0 Å². The molecule has 0 aromatic heterocycles. The molecule has 0 spiro atoms. The van der Waals surface area contributed by atoms with Crippen LogP contribution in [0.2, 0.25) is 0 Å². The molecule has 1 saturated carbocycles. The first-order valence-corrected chi connectivity index (χ1v) is 7.60. The van der Waals surface area contributed by atoms with E-state index in [-0.39, 0.29) is 11.8 Å². The van der Waals surface area contributed by atoms with E-state index in [2.05, 4.69) is 10.2 Å². The summed E-state index contributed by atoms with van der Waals surface area (Å²) >= 11 is 0. The number of anilines is 1. The lowest BCUT2D eigenvalue weighted by Gasteiger charge is -2.35. The average Bonchev–Trinajstić information content (AvgIpc) is 3.34. The second-order valence-corrected chi connectivity index (χ2v) is 6.24. The van der Waals surface area contributed by atoms with Crippen LogP contribution in [-0.2, 0) is 0 Å². The standard InChI is InChI=1S/C16H19N3O2/c1-18-15(20)12-5-4-11(8-13(12)16(18)21)19-7-6-17-14(9-19)10-2-3-10/h4-5,8,10,14,17H,2-3,6-7,9H2,1H3. The van der Waals surface area contributed by atoms with Gasteiger partial charge in [0.05, 0.1) is 11.1 Å². The normalized spacial score (nSPS) is 25.5. The third-order valence-electron chi connectivity index (χ3n) is 4.83. The zero-order valence-electron chi connectivity index (χ0n) is 12.1. The lowest BCUT2D eigenvalue weighted by atomic mass is 10.1. The van der Waals surface area contributed by atoms with Gasteiger partial charge in [0.15, 0.2) is 0 Å². The van der Waals surface area contributed by atoms with E-state index in [1.54, 1.807) is 6.07 Å². The van der Waals surface area contributed by atoms with Crippen molar-refractivity contribution in [1.82, 2.24) is 10.2 Å². The molecule has 21 heavy (non-hydrogen) atoms. The van der Waals surface area contributed by atoms with Crippen LogP contribution in [0.3, 0.4) is 0 Å². The van der Waals surface area contributed by atoms with Gasteiger partial charge in [0, 0.05) is 38.4 Å². The van der Waals surface area contributed by atoms with Crippen LogP contribution >= 0.6 is 0 Å². The third kappa shape index (κ3) is 2.03. The zero-order chi connectivity index (χ0) is 14.6. The number of piperazine rings is 1. The van der Waals surface area contributed by atoms with Crippen molar-refractivity contribution in [2.45, 2.75) is 18.9 Å². The van der Waals surface area contributed by atoms with E-state index in [0.717, 1.165) is 31.2 Å². The van der Waals surface area contributed by atoms with Crippen LogP contribution in [0, 0.1) is 5.92 Å². The fourth-order valence-electron chi connectivity index (χ4n) is 3.37. The quantitative estimate of drug-likeness (QED) is 0.827. The van der Waals surface area contributed by atoms with Gasteiger partial charge < -0.3 is 10.2 Å². The minimum Gasteiger partial charge on any atom is -0.369 e. The maximum absolute atomic E-state index is 12.1. The Morgan fingerprint density at radius 3 is 2.67 bits per heavy atom. The van der Waals surface area contributed by atoms with Gasteiger partial charge in [-0.2, -0.15) is 0 Å². The average molecular weight is 285 g/mol. The van der Waals surface area contributed by atoms with Gasteiger partial charge in [-0.25, -0.2) is 0 Å². The van der Waals surface area contributed by atoms with Crippen LogP contribution in [-0.4, -0.2) is 49.4 Å². The Balaban J connectivity index is 1.62. The van der Waals surface area contributed by atoms with Crippen molar-refractivity contribution in [1.29, 1.82) is 0 Å². The molecule has 2 fully saturated rings. The zero-order valence-corrected chi connectivity index (χ0v) is 12.1. The molecule has 1 aliphatic carbocycles. The summed E-state index contributed by atoms with van der Waals surface area (Å²) < 4.78 is 0. The number of rotatable bonds is 2. The molecule has 1 atom stereocenters. The highest BCUT2D eigenvalue weighted by atomic mass is 16.2. The Morgan fingerprint density at radius 2 is 1.90 bits per heavy atom. The smallest absolute Gasteiger partial charge is 0.261 e. The third-order valence-corrected chi connectivity index (χ3v) is 4.83. The van der Waals surface area contributed by atoms with Crippen molar-refractivity contribution < 1.29 is 9.59 Å². The molecule has 0 bridgehead atoms. The first-order chi connectivity index (χ1) is 10.1. The Hall–Kier alpha value is -1.88. The molecule has 3 aliphatic rings. The summed E-state index contributed by atoms with van der Waals surface area (Å²) in [6.07, 6.45) is 2.65. The molecule has 1 unspecified atom stereocenters. The highest BCUT2D eigenvalue weighted by Crippen LogP contribution is 2.35. The van der Waals surface area contributed by atoms with E-state index < -0.39 is 0 Å². The number of carbonyl (C=O) groups is 2. The number of hydrogen-bond acceptors (Lipinski definition) is 4. The summed E-state index contributed by atoms with van der Waals surface area (Å²) in [5.41, 5.74) is 2.12. The predicted octanol–water partition coefficient (Wildman–Crippen LogP) is 1.10. The number of imide groups is 1. The fraction of sp³-hybridized carbons (Fsp3) is 0.500. The van der Waals surface area contributed by atoms with Crippen LogP contribution in [0.25, 0.3) is 0 Å². The molecule has 2 heterocycles. The minimum absolute atomic E-state index is 0.189. The van der Waals surface area contributed by atoms with E-state index in [9.17, 15) is 9.59 Å². The van der Waals surface area contributed by atoms with Gasteiger partial charge in [0.25, 0.3) is 11.8 Å². The summed E-state index contributed by atoms with van der Waals surface area (Å²) in [7, 11) is 1.54. The molecule has 0 radical (unpaired) electrons. The summed E-state index contributed by atoms with van der Waals surface area (Å²) in [5.74, 6) is 0.431. The Labute approximate surface area is 123 Å². The molecular weight excluding hydrogens is 266 g/mol. The lowest BCUT2D eigenvalue weighted by Crippen LogP contribution is -2.51. The highest BCUT2D eigenvalue weighted by molar-refractivity contribution is 6.21. The fourth-order valence-corrected chi connectivity index (χ4v) is 3.37. The highest BCUT2D eigenvalue weighted by Gasteiger charge is 2.36. The van der Waals surface area contributed by atoms with Crippen LogP contribution in [0.15, 0.2) is 18.2 Å². The van der Waals surface area contributed by atoms with Gasteiger partial charge in [-0.1, -0.05) is 0 Å². The second-order valence-electron chi connectivity index (χ2n) is 6.24. The molecule has 1 aromatic rings. The first kappa shape index (κ1) is 12.8. The molecule has 5 heteroatoms. The summed E-state index contributed by atoms with van der Waals surface area (Å²) in [6, 6.07) is 6.21. The molecule has 1 N–H and O–H groups in total. The van der Waals surface area contributed by atoms with E-state index in [1.807, 2.05) is 12.1 Å². The van der Waals surface area contributed by atoms with Crippen molar-refractivity contribution in [3.8, 4) is 0 Å². The molecule has 2 aliphatic heterocycles. The van der Waals surface area contributed by atoms with Gasteiger partial charge in [0.2, 0.25) is 0 Å². The summed E-state index contributed by atoms with van der Waals surface area (Å²) in [6.45, 7) is 2.91. The Bertz CT molecular complexity index is 624. The largest absolute Gasteiger partial charge is 0.369 e. The minimum atomic E-state index is -0.197. The molecule has 5 nitrogen and oxygen atoms in total. The number of hydrogen-bond donors (Lipinski definition) is 1. The Morgan fingerprint density at radius 1 is 1.14 bits per heavy atom. The monoisotopic (exact) mass is 285 g/mol. The second kappa shape index (κ2) is 4.56. The number of fused-ring (bicyclic) bond motifs is 1. The van der Waals surface area contributed by atoms with Gasteiger partial charge in [-0.15, -0.1) is 0 Å². The van der Waals surface area contributed by atoms with Crippen molar-refractivity contribution in [3.63, 3.8) is 0 Å². The van der Waals surface area contributed by atoms with Crippen molar-refractivity contribution in [2.24, 2.45) is 5.92 Å². The SMILES string of the molecule is CN1C(=O)c2ccc(N3CCNC(C4CC4)C3)cc2C1=O. The maximum atomic E-state index is 12.1. The number of nitrogens with one attached hydrogen (secondary N) is 1. The molecular formula is C16H19N3O2. The van der Waals surface area contributed by atoms with Crippen molar-refractivity contribution in [3.05, 3.63) is 29.3 Å². The van der Waals surface area contributed by atoms with E-state index in [1.165, 1.54) is 24.8 Å². The van der Waals surface area contributed by atoms with Gasteiger partial charge in [-0.3, -0.25) is 14.5 Å². The Kier molecular flexibility index (Phi) is 2.79. The van der Waals surface area contributed by atoms with E-state index in [4.69, 9.17) is 0 Å². The molecule has 1 saturated heterocycles. The lowest BCUT2D eigenvalue weighted by molar-refractivity contribution is 0.0693. The summed E-state index contributed by atoms with van der Waals surface area (Å²) in [4.78, 5) is 27.5. The van der Waals surface area contributed by atoms with Crippen molar-refractivity contribution >= 4 is 17.5 Å². The number of benzene rings is 1. The molecule has 2 amide bonds. The van der Waals surface area contributed by atoms with Gasteiger partial charge >= 0.3 is 0 Å².